The number of aliphatic hydroxyl groups is 1. The van der Waals surface area contributed by atoms with Gasteiger partial charge in [-0.15, -0.1) is 0 Å². The summed E-state index contributed by atoms with van der Waals surface area (Å²) >= 11 is 0. The van der Waals surface area contributed by atoms with Gasteiger partial charge in [-0.05, 0) is 38.1 Å². The quantitative estimate of drug-likeness (QED) is 0.676. The van der Waals surface area contributed by atoms with Crippen LogP contribution in [0.1, 0.15) is 41.1 Å². The Balaban J connectivity index is 1.69. The summed E-state index contributed by atoms with van der Waals surface area (Å²) in [5, 5.41) is 13.9. The summed E-state index contributed by atoms with van der Waals surface area (Å²) in [5.74, 6) is 0.356. The minimum atomic E-state index is -0.731. The first-order valence-corrected chi connectivity index (χ1v) is 7.64. The van der Waals surface area contributed by atoms with Gasteiger partial charge in [-0.25, -0.2) is 0 Å². The van der Waals surface area contributed by atoms with E-state index < -0.39 is 6.10 Å². The Morgan fingerprint density at radius 3 is 2.96 bits per heavy atom. The van der Waals surface area contributed by atoms with Gasteiger partial charge in [0.15, 0.2) is 0 Å². The summed E-state index contributed by atoms with van der Waals surface area (Å²) in [6, 6.07) is 9.23. The number of aromatic amines is 1. The molecule has 120 valence electrons. The second-order valence-corrected chi connectivity index (χ2v) is 5.89. The van der Waals surface area contributed by atoms with E-state index in [-0.39, 0.29) is 11.9 Å². The number of aryl methyl sites for hydroxylation is 1. The number of H-pyrrole nitrogens is 1. The molecule has 3 N–H and O–H groups in total. The lowest BCUT2D eigenvalue weighted by molar-refractivity contribution is 0.0904. The molecule has 3 rings (SSSR count). The molecule has 3 aromatic rings. The fourth-order valence-electron chi connectivity index (χ4n) is 2.71. The molecule has 2 aromatic heterocycles. The molecule has 0 saturated carbocycles. The third kappa shape index (κ3) is 3.29. The molecule has 5 nitrogen and oxygen atoms in total. The highest BCUT2D eigenvalue weighted by atomic mass is 16.4. The van der Waals surface area contributed by atoms with Crippen LogP contribution < -0.4 is 5.32 Å². The molecule has 2 atom stereocenters. The molecule has 23 heavy (non-hydrogen) atoms. The standard InChI is InChI=1S/C18H20N2O3/c1-11-5-6-15-13(8-11)14(10-19-15)18(22)20-12(2)9-16(21)17-4-3-7-23-17/h3-8,10,12,16,19,21H,9H2,1-2H3,(H,20,22)/t12-,16-/m1/s1. The first-order chi connectivity index (χ1) is 11.0. The van der Waals surface area contributed by atoms with Gasteiger partial charge in [0.2, 0.25) is 0 Å². The highest BCUT2D eigenvalue weighted by Crippen LogP contribution is 2.21. The molecular formula is C18H20N2O3. The van der Waals surface area contributed by atoms with E-state index in [1.54, 1.807) is 18.3 Å². The highest BCUT2D eigenvalue weighted by molar-refractivity contribution is 6.06. The zero-order valence-electron chi connectivity index (χ0n) is 13.2. The predicted octanol–water partition coefficient (Wildman–Crippen LogP) is 3.31. The number of nitrogens with one attached hydrogen (secondary N) is 2. The fourth-order valence-corrected chi connectivity index (χ4v) is 2.71. The van der Waals surface area contributed by atoms with Crippen LogP contribution in [0.15, 0.2) is 47.2 Å². The number of hydrogen-bond acceptors (Lipinski definition) is 3. The minimum Gasteiger partial charge on any atom is -0.467 e. The summed E-state index contributed by atoms with van der Waals surface area (Å²) in [6.45, 7) is 3.86. The van der Waals surface area contributed by atoms with Crippen LogP contribution in [0, 0.1) is 6.92 Å². The maximum absolute atomic E-state index is 12.5. The third-order valence-electron chi connectivity index (χ3n) is 3.91. The third-order valence-corrected chi connectivity index (χ3v) is 3.91. The lowest BCUT2D eigenvalue weighted by Gasteiger charge is -2.16. The first-order valence-electron chi connectivity index (χ1n) is 7.64. The molecule has 0 bridgehead atoms. The monoisotopic (exact) mass is 312 g/mol. The van der Waals surface area contributed by atoms with Crippen LogP contribution in [0.5, 0.6) is 0 Å². The van der Waals surface area contributed by atoms with Gasteiger partial charge in [0, 0.05) is 29.6 Å². The number of amides is 1. The molecule has 1 amide bonds. The van der Waals surface area contributed by atoms with Crippen LogP contribution in [0.25, 0.3) is 10.9 Å². The molecule has 0 saturated heterocycles. The number of hydrogen-bond donors (Lipinski definition) is 3. The summed E-state index contributed by atoms with van der Waals surface area (Å²) in [4.78, 5) is 15.6. The van der Waals surface area contributed by atoms with E-state index in [0.29, 0.717) is 17.7 Å². The van der Waals surface area contributed by atoms with E-state index >= 15 is 0 Å². The van der Waals surface area contributed by atoms with Crippen molar-refractivity contribution in [3.8, 4) is 0 Å². The van der Waals surface area contributed by atoms with Gasteiger partial charge in [0.05, 0.1) is 11.8 Å². The fraction of sp³-hybridized carbons (Fsp3) is 0.278. The Morgan fingerprint density at radius 1 is 1.39 bits per heavy atom. The first kappa shape index (κ1) is 15.4. The molecule has 1 aromatic carbocycles. The summed E-state index contributed by atoms with van der Waals surface area (Å²) in [5.41, 5.74) is 2.65. The normalized spacial score (nSPS) is 13.9. The molecule has 5 heteroatoms. The minimum absolute atomic E-state index is 0.152. The molecule has 0 unspecified atom stereocenters. The Kier molecular flexibility index (Phi) is 4.21. The van der Waals surface area contributed by atoms with E-state index in [2.05, 4.69) is 10.3 Å². The zero-order valence-corrected chi connectivity index (χ0v) is 13.2. The van der Waals surface area contributed by atoms with Gasteiger partial charge >= 0.3 is 0 Å². The van der Waals surface area contributed by atoms with Crippen molar-refractivity contribution in [1.82, 2.24) is 10.3 Å². The van der Waals surface area contributed by atoms with Crippen molar-refractivity contribution in [3.05, 3.63) is 59.7 Å². The van der Waals surface area contributed by atoms with Gasteiger partial charge in [0.25, 0.3) is 5.91 Å². The number of rotatable bonds is 5. The van der Waals surface area contributed by atoms with E-state index in [1.165, 1.54) is 6.26 Å². The molecule has 0 spiro atoms. The van der Waals surface area contributed by atoms with Crippen molar-refractivity contribution in [2.24, 2.45) is 0 Å². The summed E-state index contributed by atoms with van der Waals surface area (Å²) in [7, 11) is 0. The van der Waals surface area contributed by atoms with E-state index in [9.17, 15) is 9.90 Å². The number of carbonyl (C=O) groups is 1. The Labute approximate surface area is 134 Å². The van der Waals surface area contributed by atoms with E-state index in [0.717, 1.165) is 16.5 Å². The van der Waals surface area contributed by atoms with Crippen LogP contribution in [0.2, 0.25) is 0 Å². The summed E-state index contributed by atoms with van der Waals surface area (Å²) in [6.07, 6.45) is 2.90. The maximum Gasteiger partial charge on any atom is 0.253 e. The number of carbonyl (C=O) groups excluding carboxylic acids is 1. The topological polar surface area (TPSA) is 78.3 Å². The number of aliphatic hydroxyl groups excluding tert-OH is 1. The number of fused-ring (bicyclic) bond motifs is 1. The van der Waals surface area contributed by atoms with Gasteiger partial charge in [-0.2, -0.15) is 0 Å². The Morgan fingerprint density at radius 2 is 2.22 bits per heavy atom. The lowest BCUT2D eigenvalue weighted by Crippen LogP contribution is -2.33. The van der Waals surface area contributed by atoms with Crippen molar-refractivity contribution >= 4 is 16.8 Å². The maximum atomic E-state index is 12.5. The molecule has 0 fully saturated rings. The smallest absolute Gasteiger partial charge is 0.253 e. The SMILES string of the molecule is Cc1ccc2[nH]cc(C(=O)N[C@H](C)C[C@@H](O)c3ccco3)c2c1. The van der Waals surface area contributed by atoms with Crippen molar-refractivity contribution in [1.29, 1.82) is 0 Å². The van der Waals surface area contributed by atoms with E-state index in [1.807, 2.05) is 32.0 Å². The lowest BCUT2D eigenvalue weighted by atomic mass is 10.1. The van der Waals surface area contributed by atoms with Gasteiger partial charge < -0.3 is 19.8 Å². The van der Waals surface area contributed by atoms with Crippen molar-refractivity contribution in [2.75, 3.05) is 0 Å². The zero-order chi connectivity index (χ0) is 16.4. The Bertz CT molecular complexity index is 805. The van der Waals surface area contributed by atoms with Crippen LogP contribution in [-0.4, -0.2) is 22.0 Å². The molecule has 2 heterocycles. The van der Waals surface area contributed by atoms with Crippen LogP contribution in [0.4, 0.5) is 0 Å². The van der Waals surface area contributed by atoms with Gasteiger partial charge in [-0.1, -0.05) is 11.6 Å². The van der Waals surface area contributed by atoms with Crippen molar-refractivity contribution in [2.45, 2.75) is 32.4 Å². The van der Waals surface area contributed by atoms with Crippen LogP contribution >= 0.6 is 0 Å². The number of furan rings is 1. The predicted molar refractivity (Wildman–Crippen MR) is 88.2 cm³/mol. The number of benzene rings is 1. The van der Waals surface area contributed by atoms with E-state index in [4.69, 9.17) is 4.42 Å². The van der Waals surface area contributed by atoms with Gasteiger partial charge in [0.1, 0.15) is 11.9 Å². The molecule has 0 aliphatic heterocycles. The molecule has 0 aliphatic carbocycles. The summed E-state index contributed by atoms with van der Waals surface area (Å²) < 4.78 is 5.18. The molecular weight excluding hydrogens is 292 g/mol. The van der Waals surface area contributed by atoms with Gasteiger partial charge in [-0.3, -0.25) is 4.79 Å². The van der Waals surface area contributed by atoms with Crippen LogP contribution in [-0.2, 0) is 0 Å². The molecule has 0 aliphatic rings. The highest BCUT2D eigenvalue weighted by Gasteiger charge is 2.18. The largest absolute Gasteiger partial charge is 0.467 e. The van der Waals surface area contributed by atoms with Crippen molar-refractivity contribution < 1.29 is 14.3 Å². The average Bonchev–Trinajstić information content (AvgIpc) is 3.16. The second kappa shape index (κ2) is 6.30. The second-order valence-electron chi connectivity index (χ2n) is 5.89. The van der Waals surface area contributed by atoms with Crippen LogP contribution in [0.3, 0.4) is 0 Å². The average molecular weight is 312 g/mol. The number of aromatic nitrogens is 1. The molecule has 0 radical (unpaired) electrons. The Hall–Kier alpha value is -2.53. The van der Waals surface area contributed by atoms with Crippen molar-refractivity contribution in [3.63, 3.8) is 0 Å².